The minimum absolute atomic E-state index is 0.285. The number of allylic oxidation sites excluding steroid dienone is 3. The minimum Gasteiger partial charge on any atom is -0.462 e. The summed E-state index contributed by atoms with van der Waals surface area (Å²) in [7, 11) is -0.579. The molecule has 160 valence electrons. The van der Waals surface area contributed by atoms with Crippen molar-refractivity contribution in [3.05, 3.63) is 24.8 Å². The molecule has 0 N–H and O–H groups in total. The molecule has 0 aliphatic rings. The number of carbonyl (C=O) groups is 2. The molecule has 0 aliphatic carbocycles. The van der Waals surface area contributed by atoms with E-state index in [1.807, 2.05) is 46.8 Å². The lowest BCUT2D eigenvalue weighted by Crippen LogP contribution is -2.13. The summed E-state index contributed by atoms with van der Waals surface area (Å²) in [6.07, 6.45) is 10.5. The summed E-state index contributed by atoms with van der Waals surface area (Å²) in [6, 6.07) is 0. The fourth-order valence-electron chi connectivity index (χ4n) is 2.14. The predicted octanol–water partition coefficient (Wildman–Crippen LogP) is 7.98. The quantitative estimate of drug-likeness (QED) is 0.231. The van der Waals surface area contributed by atoms with Crippen LogP contribution in [0.4, 0.5) is 9.59 Å². The molecule has 0 amide bonds. The van der Waals surface area contributed by atoms with E-state index in [9.17, 15) is 9.59 Å². The van der Waals surface area contributed by atoms with E-state index >= 15 is 0 Å². The molecule has 3 atom stereocenters. The van der Waals surface area contributed by atoms with Gasteiger partial charge in [-0.15, -0.1) is 6.58 Å². The van der Waals surface area contributed by atoms with Crippen molar-refractivity contribution in [1.82, 2.24) is 0 Å². The first-order chi connectivity index (χ1) is 13.1. The Kier molecular flexibility index (Phi) is 28.1. The lowest BCUT2D eigenvalue weighted by Gasteiger charge is -2.15. The van der Waals surface area contributed by atoms with E-state index in [1.165, 1.54) is 0 Å². The normalized spacial score (nSPS) is 12.4. The van der Waals surface area contributed by atoms with Crippen molar-refractivity contribution >= 4 is 20.0 Å². The highest BCUT2D eigenvalue weighted by molar-refractivity contribution is 7.72. The van der Waals surface area contributed by atoms with Gasteiger partial charge in [0.05, 0.1) is 13.2 Å². The van der Waals surface area contributed by atoms with Crippen molar-refractivity contribution in [2.45, 2.75) is 80.6 Å². The molecule has 0 spiro atoms. The summed E-state index contributed by atoms with van der Waals surface area (Å²) >= 11 is 0. The lowest BCUT2D eigenvalue weighted by atomic mass is 10.0. The lowest BCUT2D eigenvalue weighted by molar-refractivity contribution is 0.144. The summed E-state index contributed by atoms with van der Waals surface area (Å²) in [5, 5.41) is 0. The Morgan fingerprint density at radius 1 is 0.963 bits per heavy atom. The maximum Gasteiger partial charge on any atom is 0.334 e. The van der Waals surface area contributed by atoms with Gasteiger partial charge >= 0.3 is 11.4 Å². The average molecular weight is 403 g/mol. The highest BCUT2D eigenvalue weighted by atomic mass is 31.1. The van der Waals surface area contributed by atoms with Crippen molar-refractivity contribution in [2.75, 3.05) is 13.2 Å². The second kappa shape index (κ2) is 24.8. The Labute approximate surface area is 170 Å². The molecule has 0 aromatic heterocycles. The largest absolute Gasteiger partial charge is 0.462 e. The first-order valence-corrected chi connectivity index (χ1v) is 11.4. The van der Waals surface area contributed by atoms with Crippen molar-refractivity contribution in [2.24, 2.45) is 11.8 Å². The van der Waals surface area contributed by atoms with Crippen LogP contribution in [0.15, 0.2) is 24.8 Å². The first kappa shape index (κ1) is 30.6. The molecule has 4 nitrogen and oxygen atoms in total. The third-order valence-corrected chi connectivity index (χ3v) is 4.28. The van der Waals surface area contributed by atoms with E-state index in [4.69, 9.17) is 9.47 Å². The Hall–Kier alpha value is -1.15. The highest BCUT2D eigenvalue weighted by Crippen LogP contribution is 2.21. The smallest absolute Gasteiger partial charge is 0.334 e. The van der Waals surface area contributed by atoms with Gasteiger partial charge in [0.25, 0.3) is 0 Å². The Balaban J connectivity index is -0.00000134. The Morgan fingerprint density at radius 2 is 1.48 bits per heavy atom. The van der Waals surface area contributed by atoms with Crippen LogP contribution in [0.3, 0.4) is 0 Å². The number of carbonyl (C=O) groups excluding carboxylic acids is 2. The SMILES string of the molecule is C=CCC(CCC)COC(=O)PC(=O)OCC(CC)C/C=C\C.CC.CC. The number of hydrogen-bond donors (Lipinski definition) is 0. The van der Waals surface area contributed by atoms with E-state index in [-0.39, 0.29) is 5.92 Å². The van der Waals surface area contributed by atoms with Crippen LogP contribution in [0.1, 0.15) is 80.6 Å². The highest BCUT2D eigenvalue weighted by Gasteiger charge is 2.16. The molecular formula is C22H43O4P. The molecule has 5 heteroatoms. The van der Waals surface area contributed by atoms with Gasteiger partial charge in [0.15, 0.2) is 0 Å². The molecule has 27 heavy (non-hydrogen) atoms. The van der Waals surface area contributed by atoms with Gasteiger partial charge in [-0.3, -0.25) is 0 Å². The van der Waals surface area contributed by atoms with E-state index in [1.54, 1.807) is 0 Å². The predicted molar refractivity (Wildman–Crippen MR) is 120 cm³/mol. The molecule has 0 heterocycles. The molecule has 0 aromatic carbocycles. The van der Waals surface area contributed by atoms with E-state index in [0.717, 1.165) is 32.1 Å². The van der Waals surface area contributed by atoms with Gasteiger partial charge in [0.2, 0.25) is 0 Å². The molecule has 0 radical (unpaired) electrons. The molecule has 0 fully saturated rings. The molecule has 0 bridgehead atoms. The number of hydrogen-bond acceptors (Lipinski definition) is 4. The van der Waals surface area contributed by atoms with Gasteiger partial charge in [-0.05, 0) is 44.4 Å². The Bertz CT molecular complexity index is 381. The molecule has 0 saturated carbocycles. The summed E-state index contributed by atoms with van der Waals surface area (Å²) in [6.45, 7) is 18.5. The van der Waals surface area contributed by atoms with Crippen LogP contribution in [0.25, 0.3) is 0 Å². The van der Waals surface area contributed by atoms with E-state index < -0.39 is 20.0 Å². The summed E-state index contributed by atoms with van der Waals surface area (Å²) in [5.41, 5.74) is -0.966. The average Bonchev–Trinajstić information content (AvgIpc) is 2.69. The number of ether oxygens (including phenoxy) is 2. The number of rotatable bonds is 13. The van der Waals surface area contributed by atoms with Crippen LogP contribution < -0.4 is 0 Å². The van der Waals surface area contributed by atoms with Crippen molar-refractivity contribution in [3.63, 3.8) is 0 Å². The van der Waals surface area contributed by atoms with E-state index in [0.29, 0.717) is 19.1 Å². The molecule has 0 aliphatic heterocycles. The van der Waals surface area contributed by atoms with Crippen LogP contribution >= 0.6 is 8.58 Å². The molecular weight excluding hydrogens is 359 g/mol. The minimum atomic E-state index is -0.579. The van der Waals surface area contributed by atoms with E-state index in [2.05, 4.69) is 26.5 Å². The van der Waals surface area contributed by atoms with Crippen molar-refractivity contribution < 1.29 is 19.1 Å². The second-order valence-corrected chi connectivity index (χ2v) is 6.65. The molecule has 0 aromatic rings. The van der Waals surface area contributed by atoms with Gasteiger partial charge in [0, 0.05) is 0 Å². The monoisotopic (exact) mass is 402 g/mol. The Morgan fingerprint density at radius 3 is 1.89 bits per heavy atom. The molecule has 0 saturated heterocycles. The van der Waals surface area contributed by atoms with Gasteiger partial charge in [-0.1, -0.05) is 66.2 Å². The standard InChI is InChI=1S/C18H31O4P.2C2H6/c1-5-9-12-15(8-4)13-21-17(19)23-18(20)22-14-16(10-6-2)11-7-3;2*1-2/h5-6,9,15-16,23H,2,7-8,10-14H2,1,3-4H3;2*1-2H3/b9-5-;;. The fourth-order valence-corrected chi connectivity index (χ4v) is 2.61. The van der Waals surface area contributed by atoms with Crippen molar-refractivity contribution in [1.29, 1.82) is 0 Å². The second-order valence-electron chi connectivity index (χ2n) is 5.58. The van der Waals surface area contributed by atoms with Crippen LogP contribution in [0, 0.1) is 11.8 Å². The maximum absolute atomic E-state index is 11.7. The molecule has 0 rings (SSSR count). The van der Waals surface area contributed by atoms with Gasteiger partial charge in [0.1, 0.15) is 8.58 Å². The zero-order valence-electron chi connectivity index (χ0n) is 18.7. The maximum atomic E-state index is 11.7. The van der Waals surface area contributed by atoms with Gasteiger partial charge in [-0.25, -0.2) is 9.59 Å². The van der Waals surface area contributed by atoms with Crippen molar-refractivity contribution in [3.8, 4) is 0 Å². The third-order valence-electron chi connectivity index (χ3n) is 3.58. The summed E-state index contributed by atoms with van der Waals surface area (Å²) in [5.74, 6) is 0.588. The van der Waals surface area contributed by atoms with Gasteiger partial charge in [-0.2, -0.15) is 0 Å². The van der Waals surface area contributed by atoms with Crippen LogP contribution in [0.5, 0.6) is 0 Å². The van der Waals surface area contributed by atoms with Crippen LogP contribution in [-0.4, -0.2) is 24.6 Å². The summed E-state index contributed by atoms with van der Waals surface area (Å²) < 4.78 is 10.4. The fraction of sp³-hybridized carbons (Fsp3) is 0.727. The topological polar surface area (TPSA) is 52.6 Å². The summed E-state index contributed by atoms with van der Waals surface area (Å²) in [4.78, 5) is 23.4. The van der Waals surface area contributed by atoms with Crippen LogP contribution in [0.2, 0.25) is 0 Å². The first-order valence-electron chi connectivity index (χ1n) is 10.4. The zero-order valence-corrected chi connectivity index (χ0v) is 19.7. The third kappa shape index (κ3) is 21.0. The zero-order chi connectivity index (χ0) is 21.5. The van der Waals surface area contributed by atoms with Gasteiger partial charge < -0.3 is 9.47 Å². The van der Waals surface area contributed by atoms with Crippen LogP contribution in [-0.2, 0) is 9.47 Å². The molecule has 3 unspecified atom stereocenters.